The number of hydrogen-bond donors (Lipinski definition) is 2. The first-order valence-corrected chi connectivity index (χ1v) is 7.20. The summed E-state index contributed by atoms with van der Waals surface area (Å²) in [7, 11) is 0. The van der Waals surface area contributed by atoms with Gasteiger partial charge in [0.05, 0.1) is 12.2 Å². The fourth-order valence-electron chi connectivity index (χ4n) is 3.53. The first-order chi connectivity index (χ1) is 8.72. The van der Waals surface area contributed by atoms with E-state index in [9.17, 15) is 9.90 Å². The number of ether oxygens (including phenoxy) is 1. The Kier molecular flexibility index (Phi) is 5.01. The molecule has 4 atom stereocenters. The molecular weight excluding hydrogens is 232 g/mol. The molecular formula is C14H24O4. The van der Waals surface area contributed by atoms with Crippen molar-refractivity contribution < 1.29 is 19.7 Å². The second kappa shape index (κ2) is 6.53. The van der Waals surface area contributed by atoms with E-state index >= 15 is 0 Å². The lowest BCUT2D eigenvalue weighted by Gasteiger charge is -2.26. The van der Waals surface area contributed by atoms with Gasteiger partial charge in [-0.1, -0.05) is 19.3 Å². The molecule has 0 amide bonds. The van der Waals surface area contributed by atoms with Crippen molar-refractivity contribution in [1.82, 2.24) is 0 Å². The Balaban J connectivity index is 1.60. The van der Waals surface area contributed by atoms with E-state index in [4.69, 9.17) is 9.84 Å². The van der Waals surface area contributed by atoms with E-state index in [1.807, 2.05) is 0 Å². The molecule has 4 heteroatoms. The van der Waals surface area contributed by atoms with Crippen LogP contribution in [0.4, 0.5) is 0 Å². The smallest absolute Gasteiger partial charge is 0.303 e. The maximum atomic E-state index is 10.4. The maximum Gasteiger partial charge on any atom is 0.303 e. The minimum atomic E-state index is -0.697. The van der Waals surface area contributed by atoms with Crippen LogP contribution in [-0.4, -0.2) is 35.0 Å². The monoisotopic (exact) mass is 256 g/mol. The van der Waals surface area contributed by atoms with Crippen molar-refractivity contribution in [2.45, 2.75) is 63.6 Å². The van der Waals surface area contributed by atoms with Crippen LogP contribution in [0.25, 0.3) is 0 Å². The van der Waals surface area contributed by atoms with Gasteiger partial charge in [0.1, 0.15) is 0 Å². The number of hydrogen-bond acceptors (Lipinski definition) is 3. The van der Waals surface area contributed by atoms with Gasteiger partial charge in [-0.15, -0.1) is 0 Å². The molecule has 4 nitrogen and oxygen atoms in total. The summed E-state index contributed by atoms with van der Waals surface area (Å²) >= 11 is 0. The zero-order valence-electron chi connectivity index (χ0n) is 10.9. The van der Waals surface area contributed by atoms with Crippen molar-refractivity contribution >= 4 is 5.97 Å². The van der Waals surface area contributed by atoms with Crippen LogP contribution in [0.3, 0.4) is 0 Å². The summed E-state index contributed by atoms with van der Waals surface area (Å²) in [5.41, 5.74) is 0. The van der Waals surface area contributed by atoms with E-state index in [0.29, 0.717) is 24.0 Å². The highest BCUT2D eigenvalue weighted by atomic mass is 16.5. The van der Waals surface area contributed by atoms with Crippen molar-refractivity contribution in [2.75, 3.05) is 6.61 Å². The molecule has 2 heterocycles. The summed E-state index contributed by atoms with van der Waals surface area (Å²) in [4.78, 5) is 10.4. The molecule has 2 bridgehead atoms. The molecule has 18 heavy (non-hydrogen) atoms. The molecule has 0 spiro atoms. The number of carbonyl (C=O) groups is 1. The van der Waals surface area contributed by atoms with Crippen LogP contribution in [0.2, 0.25) is 0 Å². The summed E-state index contributed by atoms with van der Waals surface area (Å²) < 4.78 is 5.86. The summed E-state index contributed by atoms with van der Waals surface area (Å²) in [5, 5.41) is 18.0. The zero-order valence-corrected chi connectivity index (χ0v) is 10.9. The predicted octanol–water partition coefficient (Wildman–Crippen LogP) is 2.20. The van der Waals surface area contributed by atoms with Crippen LogP contribution in [0.5, 0.6) is 0 Å². The van der Waals surface area contributed by atoms with Crippen LogP contribution in [0.15, 0.2) is 0 Å². The Morgan fingerprint density at radius 1 is 1.06 bits per heavy atom. The number of carboxylic acid groups (broad SMARTS) is 1. The van der Waals surface area contributed by atoms with Gasteiger partial charge in [-0.05, 0) is 31.6 Å². The van der Waals surface area contributed by atoms with Crippen LogP contribution < -0.4 is 0 Å². The second-order valence-corrected chi connectivity index (χ2v) is 5.65. The molecule has 2 N–H and O–H groups in total. The van der Waals surface area contributed by atoms with Gasteiger partial charge < -0.3 is 14.9 Å². The summed E-state index contributed by atoms with van der Waals surface area (Å²) in [6, 6.07) is 0. The van der Waals surface area contributed by atoms with E-state index in [0.717, 1.165) is 44.9 Å². The summed E-state index contributed by atoms with van der Waals surface area (Å²) in [6.45, 7) is 0.255. The van der Waals surface area contributed by atoms with Crippen LogP contribution in [-0.2, 0) is 9.53 Å². The van der Waals surface area contributed by atoms with Gasteiger partial charge in [0.2, 0.25) is 0 Å². The third-order valence-corrected chi connectivity index (χ3v) is 4.48. The molecule has 2 rings (SSSR count). The normalized spacial score (nSPS) is 34.1. The van der Waals surface area contributed by atoms with Crippen molar-refractivity contribution in [3.05, 3.63) is 0 Å². The number of aliphatic carboxylic acids is 1. The minimum absolute atomic E-state index is 0.255. The van der Waals surface area contributed by atoms with Crippen molar-refractivity contribution in [3.8, 4) is 0 Å². The van der Waals surface area contributed by atoms with E-state index < -0.39 is 5.97 Å². The number of aliphatic hydroxyl groups is 1. The topological polar surface area (TPSA) is 66.8 Å². The quantitative estimate of drug-likeness (QED) is 0.653. The van der Waals surface area contributed by atoms with E-state index in [-0.39, 0.29) is 13.0 Å². The molecule has 0 aromatic rings. The van der Waals surface area contributed by atoms with Gasteiger partial charge in [-0.25, -0.2) is 0 Å². The Hall–Kier alpha value is -0.610. The van der Waals surface area contributed by atoms with Gasteiger partial charge in [0.15, 0.2) is 0 Å². The zero-order chi connectivity index (χ0) is 13.0. The van der Waals surface area contributed by atoms with Gasteiger partial charge in [0, 0.05) is 18.9 Å². The van der Waals surface area contributed by atoms with Crippen LogP contribution >= 0.6 is 0 Å². The molecule has 2 aliphatic rings. The van der Waals surface area contributed by atoms with Crippen LogP contribution in [0.1, 0.15) is 51.4 Å². The SMILES string of the molecule is O=C(O)CCCCCC[C@@H]1[C@@H](CO)[C@H]2CC[C@@H]1O2. The summed E-state index contributed by atoms with van der Waals surface area (Å²) in [6.07, 6.45) is 8.38. The van der Waals surface area contributed by atoms with E-state index in [2.05, 4.69) is 0 Å². The average molecular weight is 256 g/mol. The molecule has 0 aliphatic carbocycles. The number of unbranched alkanes of at least 4 members (excludes halogenated alkanes) is 3. The van der Waals surface area contributed by atoms with Crippen molar-refractivity contribution in [2.24, 2.45) is 11.8 Å². The third kappa shape index (κ3) is 3.23. The predicted molar refractivity (Wildman–Crippen MR) is 67.3 cm³/mol. The van der Waals surface area contributed by atoms with Gasteiger partial charge >= 0.3 is 5.97 Å². The van der Waals surface area contributed by atoms with E-state index in [1.54, 1.807) is 0 Å². The van der Waals surface area contributed by atoms with Crippen molar-refractivity contribution in [3.63, 3.8) is 0 Å². The fraction of sp³-hybridized carbons (Fsp3) is 0.929. The molecule has 0 saturated carbocycles. The Morgan fingerprint density at radius 2 is 1.72 bits per heavy atom. The number of carboxylic acids is 1. The number of fused-ring (bicyclic) bond motifs is 2. The molecule has 2 aliphatic heterocycles. The second-order valence-electron chi connectivity index (χ2n) is 5.65. The molecule has 2 saturated heterocycles. The van der Waals surface area contributed by atoms with E-state index in [1.165, 1.54) is 0 Å². The first-order valence-electron chi connectivity index (χ1n) is 7.20. The Bertz CT molecular complexity index is 279. The lowest BCUT2D eigenvalue weighted by molar-refractivity contribution is -0.137. The molecule has 104 valence electrons. The largest absolute Gasteiger partial charge is 0.481 e. The fourth-order valence-corrected chi connectivity index (χ4v) is 3.53. The Morgan fingerprint density at radius 3 is 2.39 bits per heavy atom. The molecule has 0 aromatic heterocycles. The third-order valence-electron chi connectivity index (χ3n) is 4.48. The lowest BCUT2D eigenvalue weighted by Crippen LogP contribution is -2.29. The van der Waals surface area contributed by atoms with Gasteiger partial charge in [-0.3, -0.25) is 4.79 Å². The Labute approximate surface area is 108 Å². The number of aliphatic hydroxyl groups excluding tert-OH is 1. The highest BCUT2D eigenvalue weighted by molar-refractivity contribution is 5.66. The highest BCUT2D eigenvalue weighted by Crippen LogP contribution is 2.45. The summed E-state index contributed by atoms with van der Waals surface area (Å²) in [5.74, 6) is 0.188. The molecule has 0 unspecified atom stereocenters. The maximum absolute atomic E-state index is 10.4. The molecule has 2 fully saturated rings. The van der Waals surface area contributed by atoms with Crippen molar-refractivity contribution in [1.29, 1.82) is 0 Å². The lowest BCUT2D eigenvalue weighted by atomic mass is 9.77. The minimum Gasteiger partial charge on any atom is -0.481 e. The standard InChI is InChI=1S/C14H24O4/c15-9-11-10(12-7-8-13(11)18-12)5-3-1-2-4-6-14(16)17/h10-13,15H,1-9H2,(H,16,17)/t10-,11-,12+,13-/m1/s1. The van der Waals surface area contributed by atoms with Gasteiger partial charge in [0.25, 0.3) is 0 Å². The average Bonchev–Trinajstić information content (AvgIpc) is 2.93. The molecule has 0 aromatic carbocycles. The number of rotatable bonds is 8. The van der Waals surface area contributed by atoms with Crippen LogP contribution in [0, 0.1) is 11.8 Å². The van der Waals surface area contributed by atoms with Gasteiger partial charge in [-0.2, -0.15) is 0 Å². The first kappa shape index (κ1) is 13.8. The highest BCUT2D eigenvalue weighted by Gasteiger charge is 2.47. The molecule has 0 radical (unpaired) electrons.